The van der Waals surface area contributed by atoms with Gasteiger partial charge in [0.1, 0.15) is 12.3 Å². The number of phenols is 1. The Morgan fingerprint density at radius 1 is 1.00 bits per heavy atom. The van der Waals surface area contributed by atoms with Crippen molar-refractivity contribution in [2.24, 2.45) is 0 Å². The van der Waals surface area contributed by atoms with E-state index in [2.05, 4.69) is 17.0 Å². The SMILES string of the molecule is COc1ccc(C[NH+]2CCN(c3ccccc3OC)CC2)cc1O. The summed E-state index contributed by atoms with van der Waals surface area (Å²) in [6.45, 7) is 5.03. The summed E-state index contributed by atoms with van der Waals surface area (Å²) in [7, 11) is 3.29. The first-order valence-corrected chi connectivity index (χ1v) is 8.28. The number of rotatable bonds is 5. The van der Waals surface area contributed by atoms with Gasteiger partial charge in [-0.3, -0.25) is 0 Å². The Bertz CT molecular complexity index is 682. The lowest BCUT2D eigenvalue weighted by Gasteiger charge is -2.34. The maximum absolute atomic E-state index is 9.91. The van der Waals surface area contributed by atoms with E-state index in [1.54, 1.807) is 20.3 Å². The van der Waals surface area contributed by atoms with Gasteiger partial charge < -0.3 is 24.4 Å². The quantitative estimate of drug-likeness (QED) is 0.868. The molecule has 2 aromatic carbocycles. The standard InChI is InChI=1S/C19H24N2O3/c1-23-18-6-4-3-5-16(18)21-11-9-20(10-12-21)14-15-7-8-19(24-2)17(22)13-15/h3-8,13,22H,9-12,14H2,1-2H3/p+1. The van der Waals surface area contributed by atoms with E-state index in [9.17, 15) is 5.11 Å². The second kappa shape index (κ2) is 7.45. The maximum Gasteiger partial charge on any atom is 0.160 e. The molecule has 1 fully saturated rings. The van der Waals surface area contributed by atoms with E-state index in [4.69, 9.17) is 9.47 Å². The highest BCUT2D eigenvalue weighted by molar-refractivity contribution is 5.58. The lowest BCUT2D eigenvalue weighted by molar-refractivity contribution is -0.914. The number of phenolic OH excluding ortho intramolecular Hbond substituents is 1. The fourth-order valence-corrected chi connectivity index (χ4v) is 3.27. The summed E-state index contributed by atoms with van der Waals surface area (Å²) in [6, 6.07) is 13.8. The number of quaternary nitrogens is 1. The molecule has 0 spiro atoms. The number of methoxy groups -OCH3 is 2. The molecule has 1 aliphatic rings. The van der Waals surface area contributed by atoms with Crippen molar-refractivity contribution in [1.82, 2.24) is 0 Å². The number of nitrogens with zero attached hydrogens (tertiary/aromatic N) is 1. The van der Waals surface area contributed by atoms with E-state index in [-0.39, 0.29) is 5.75 Å². The molecular weight excluding hydrogens is 304 g/mol. The van der Waals surface area contributed by atoms with E-state index in [0.717, 1.165) is 44.0 Å². The highest BCUT2D eigenvalue weighted by Gasteiger charge is 2.22. The van der Waals surface area contributed by atoms with Gasteiger partial charge in [-0.1, -0.05) is 12.1 Å². The zero-order valence-electron chi connectivity index (χ0n) is 14.3. The molecular formula is C19H25N2O3+. The van der Waals surface area contributed by atoms with Crippen molar-refractivity contribution in [1.29, 1.82) is 0 Å². The van der Waals surface area contributed by atoms with Crippen LogP contribution in [0.25, 0.3) is 0 Å². The number of piperazine rings is 1. The largest absolute Gasteiger partial charge is 0.504 e. The lowest BCUT2D eigenvalue weighted by Crippen LogP contribution is -3.13. The van der Waals surface area contributed by atoms with E-state index < -0.39 is 0 Å². The van der Waals surface area contributed by atoms with Crippen LogP contribution >= 0.6 is 0 Å². The predicted octanol–water partition coefficient (Wildman–Crippen LogP) is 1.31. The molecule has 5 nitrogen and oxygen atoms in total. The van der Waals surface area contributed by atoms with Crippen molar-refractivity contribution in [3.63, 3.8) is 0 Å². The van der Waals surface area contributed by atoms with E-state index in [0.29, 0.717) is 5.75 Å². The third-order valence-electron chi connectivity index (χ3n) is 4.59. The van der Waals surface area contributed by atoms with Gasteiger partial charge in [-0.15, -0.1) is 0 Å². The van der Waals surface area contributed by atoms with Crippen molar-refractivity contribution in [3.8, 4) is 17.2 Å². The zero-order chi connectivity index (χ0) is 16.9. The molecule has 128 valence electrons. The molecule has 0 aromatic heterocycles. The minimum Gasteiger partial charge on any atom is -0.504 e. The predicted molar refractivity (Wildman–Crippen MR) is 94.3 cm³/mol. The lowest BCUT2D eigenvalue weighted by atomic mass is 10.1. The van der Waals surface area contributed by atoms with Crippen molar-refractivity contribution >= 4 is 5.69 Å². The Hall–Kier alpha value is -2.40. The summed E-state index contributed by atoms with van der Waals surface area (Å²) in [4.78, 5) is 3.90. The highest BCUT2D eigenvalue weighted by atomic mass is 16.5. The summed E-state index contributed by atoms with van der Waals surface area (Å²) in [6.07, 6.45) is 0. The van der Waals surface area contributed by atoms with Gasteiger partial charge >= 0.3 is 0 Å². The molecule has 1 aliphatic heterocycles. The first-order valence-electron chi connectivity index (χ1n) is 8.28. The molecule has 1 heterocycles. The summed E-state index contributed by atoms with van der Waals surface area (Å²) in [5.41, 5.74) is 2.30. The second-order valence-electron chi connectivity index (χ2n) is 6.09. The Balaban J connectivity index is 1.60. The minimum absolute atomic E-state index is 0.210. The second-order valence-corrected chi connectivity index (χ2v) is 6.09. The van der Waals surface area contributed by atoms with Gasteiger partial charge in [0.05, 0.1) is 46.1 Å². The fourth-order valence-electron chi connectivity index (χ4n) is 3.27. The number of para-hydroxylation sites is 2. The number of hydrogen-bond acceptors (Lipinski definition) is 4. The monoisotopic (exact) mass is 329 g/mol. The topological polar surface area (TPSA) is 46.4 Å². The first-order chi connectivity index (χ1) is 11.7. The smallest absolute Gasteiger partial charge is 0.160 e. The van der Waals surface area contributed by atoms with Crippen LogP contribution in [0.3, 0.4) is 0 Å². The van der Waals surface area contributed by atoms with Crippen LogP contribution in [-0.4, -0.2) is 45.5 Å². The van der Waals surface area contributed by atoms with Gasteiger partial charge in [0, 0.05) is 5.56 Å². The first kappa shape index (κ1) is 16.5. The molecule has 0 bridgehead atoms. The van der Waals surface area contributed by atoms with Gasteiger partial charge in [-0.2, -0.15) is 0 Å². The van der Waals surface area contributed by atoms with Crippen LogP contribution < -0.4 is 19.3 Å². The molecule has 24 heavy (non-hydrogen) atoms. The Morgan fingerprint density at radius 2 is 1.71 bits per heavy atom. The Kier molecular flexibility index (Phi) is 5.11. The van der Waals surface area contributed by atoms with Crippen molar-refractivity contribution in [3.05, 3.63) is 48.0 Å². The number of hydrogen-bond donors (Lipinski definition) is 2. The van der Waals surface area contributed by atoms with E-state index in [1.165, 1.54) is 10.6 Å². The van der Waals surface area contributed by atoms with Crippen LogP contribution in [0.2, 0.25) is 0 Å². The van der Waals surface area contributed by atoms with Crippen molar-refractivity contribution in [2.45, 2.75) is 6.54 Å². The average Bonchev–Trinajstić information content (AvgIpc) is 2.62. The number of aromatic hydroxyl groups is 1. The molecule has 1 saturated heterocycles. The fraction of sp³-hybridized carbons (Fsp3) is 0.368. The normalized spacial score (nSPS) is 15.3. The van der Waals surface area contributed by atoms with Gasteiger partial charge in [0.15, 0.2) is 11.5 Å². The Morgan fingerprint density at radius 3 is 2.38 bits per heavy atom. The molecule has 0 aliphatic carbocycles. The average molecular weight is 329 g/mol. The molecule has 0 atom stereocenters. The summed E-state index contributed by atoms with van der Waals surface area (Å²) in [5, 5.41) is 9.91. The molecule has 0 saturated carbocycles. The summed E-state index contributed by atoms with van der Waals surface area (Å²) in [5.74, 6) is 1.66. The van der Waals surface area contributed by atoms with Crippen LogP contribution in [0, 0.1) is 0 Å². The van der Waals surface area contributed by atoms with E-state index in [1.807, 2.05) is 24.3 Å². The van der Waals surface area contributed by atoms with Gasteiger partial charge in [0.25, 0.3) is 0 Å². The van der Waals surface area contributed by atoms with Crippen LogP contribution in [0.15, 0.2) is 42.5 Å². The summed E-state index contributed by atoms with van der Waals surface area (Å²) >= 11 is 0. The van der Waals surface area contributed by atoms with Gasteiger partial charge in [0.2, 0.25) is 0 Å². The number of benzene rings is 2. The van der Waals surface area contributed by atoms with Crippen molar-refractivity contribution < 1.29 is 19.5 Å². The third-order valence-corrected chi connectivity index (χ3v) is 4.59. The van der Waals surface area contributed by atoms with E-state index >= 15 is 0 Å². The molecule has 5 heteroatoms. The van der Waals surface area contributed by atoms with Crippen LogP contribution in [0.5, 0.6) is 17.2 Å². The number of anilines is 1. The van der Waals surface area contributed by atoms with Gasteiger partial charge in [-0.05, 0) is 30.3 Å². The van der Waals surface area contributed by atoms with Crippen molar-refractivity contribution in [2.75, 3.05) is 45.3 Å². The highest BCUT2D eigenvalue weighted by Crippen LogP contribution is 2.28. The molecule has 0 unspecified atom stereocenters. The number of nitrogens with one attached hydrogen (secondary N) is 1. The Labute approximate surface area is 143 Å². The molecule has 3 rings (SSSR count). The zero-order valence-corrected chi connectivity index (χ0v) is 14.3. The minimum atomic E-state index is 0.210. The molecule has 0 amide bonds. The molecule has 2 aromatic rings. The molecule has 0 radical (unpaired) electrons. The maximum atomic E-state index is 9.91. The van der Waals surface area contributed by atoms with Crippen LogP contribution in [0.1, 0.15) is 5.56 Å². The number of ether oxygens (including phenoxy) is 2. The summed E-state index contributed by atoms with van der Waals surface area (Å²) < 4.78 is 10.6. The third kappa shape index (κ3) is 3.57. The van der Waals surface area contributed by atoms with Gasteiger partial charge in [-0.25, -0.2) is 0 Å². The van der Waals surface area contributed by atoms with Crippen LogP contribution in [0.4, 0.5) is 5.69 Å². The van der Waals surface area contributed by atoms with Crippen LogP contribution in [-0.2, 0) is 6.54 Å². The molecule has 2 N–H and O–H groups in total.